The Kier molecular flexibility index (Phi) is 18.9. The van der Waals surface area contributed by atoms with Crippen LogP contribution < -0.4 is 29.2 Å². The summed E-state index contributed by atoms with van der Waals surface area (Å²) in [6.45, 7) is 14.1. The van der Waals surface area contributed by atoms with Gasteiger partial charge in [-0.1, -0.05) is 45.5 Å². The maximum absolute atomic E-state index is 11.1. The van der Waals surface area contributed by atoms with Gasteiger partial charge in [0.1, 0.15) is 35.7 Å². The third kappa shape index (κ3) is 12.9. The van der Waals surface area contributed by atoms with Crippen LogP contribution in [0, 0.1) is 20.2 Å². The molecule has 0 bridgehead atoms. The predicted octanol–water partition coefficient (Wildman–Crippen LogP) is 8.09. The zero-order chi connectivity index (χ0) is 49.2. The van der Waals surface area contributed by atoms with Crippen molar-refractivity contribution in [1.29, 1.82) is 0 Å². The molecule has 0 fully saturated rings. The second-order valence-electron chi connectivity index (χ2n) is 14.8. The Balaban J connectivity index is 0.000000229. The molecule has 1 aliphatic heterocycles. The summed E-state index contributed by atoms with van der Waals surface area (Å²) in [5.74, 6) is -0.345. The summed E-state index contributed by atoms with van der Waals surface area (Å²) in [7, 11) is 3.91. The first-order valence-corrected chi connectivity index (χ1v) is 22.8. The van der Waals surface area contributed by atoms with E-state index < -0.39 is 9.85 Å². The molecule has 0 amide bonds. The van der Waals surface area contributed by atoms with Crippen molar-refractivity contribution in [2.75, 3.05) is 32.1 Å². The van der Waals surface area contributed by atoms with Crippen LogP contribution in [0.2, 0.25) is 0 Å². The number of fused-ring (bicyclic) bond motifs is 1. The molecular formula is C45H46BrCoN10O9S2-. The average molecular weight is 1070 g/mol. The van der Waals surface area contributed by atoms with E-state index in [0.717, 1.165) is 82.5 Å². The quantitative estimate of drug-likeness (QED) is 0.0625. The summed E-state index contributed by atoms with van der Waals surface area (Å²) in [6, 6.07) is 13.1. The summed E-state index contributed by atoms with van der Waals surface area (Å²) in [5, 5.41) is 54.7. The molecule has 2 aliphatic carbocycles. The van der Waals surface area contributed by atoms with E-state index in [4.69, 9.17) is 4.74 Å². The number of aromatic nitrogens is 2. The van der Waals surface area contributed by atoms with Crippen LogP contribution in [0.3, 0.4) is 0 Å². The third-order valence-electron chi connectivity index (χ3n) is 10.6. The molecule has 1 atom stereocenters. The van der Waals surface area contributed by atoms with Gasteiger partial charge in [-0.3, -0.25) is 40.0 Å². The summed E-state index contributed by atoms with van der Waals surface area (Å²) in [4.78, 5) is 51.9. The van der Waals surface area contributed by atoms with Crippen LogP contribution in [0.4, 0.5) is 21.4 Å². The number of carbonyl (C=O) groups excluding carboxylic acids is 2. The standard InChI is InChI=1S/C25H32BrN2O.2C10H8N4O4S.Co/c1-7-25(4)21-16-19(26)12-14-22(21)27(5)24(25)15-11-18-10-13-20(17-23(18)29-6)28(8-2)9-3;2*1-5-2-6(15)3-7(16)9(5)12-13-10-11-4-8(19-10)14(17)18;/h10-17H,7-9H2,1-6H3;2*2-4H,1H3,(H2,11,13,15,16);/q+1;;;/p-2. The number of benzene rings is 2. The number of hydrogen-bond donors (Lipinski definition) is 2. The molecule has 0 saturated carbocycles. The van der Waals surface area contributed by atoms with E-state index in [1.807, 2.05) is 0 Å². The number of rotatable bonds is 11. The molecular weight excluding hydrogens is 1030 g/mol. The Morgan fingerprint density at radius 1 is 0.824 bits per heavy atom. The van der Waals surface area contributed by atoms with E-state index in [1.165, 1.54) is 34.8 Å². The number of halogens is 1. The number of aliphatic hydroxyl groups excluding tert-OH is 2. The van der Waals surface area contributed by atoms with Crippen LogP contribution in [0.25, 0.3) is 6.08 Å². The van der Waals surface area contributed by atoms with Crippen LogP contribution >= 0.6 is 38.6 Å². The number of aliphatic hydroxyl groups is 2. The summed E-state index contributed by atoms with van der Waals surface area (Å²) >= 11 is 5.17. The summed E-state index contributed by atoms with van der Waals surface area (Å²) < 4.78 is 9.16. The molecule has 1 unspecified atom stereocenters. The van der Waals surface area contributed by atoms with Gasteiger partial charge in [0.2, 0.25) is 5.69 Å². The van der Waals surface area contributed by atoms with Crippen molar-refractivity contribution in [2.45, 2.75) is 53.4 Å². The van der Waals surface area contributed by atoms with Crippen LogP contribution in [0.15, 0.2) is 127 Å². The van der Waals surface area contributed by atoms with Crippen molar-refractivity contribution in [3.05, 3.63) is 147 Å². The number of allylic oxidation sites excluding steroid dienone is 7. The van der Waals surface area contributed by atoms with Gasteiger partial charge in [0, 0.05) is 104 Å². The van der Waals surface area contributed by atoms with Crippen LogP contribution in [-0.2, 0) is 31.8 Å². The Bertz CT molecular complexity index is 2850. The van der Waals surface area contributed by atoms with Gasteiger partial charge < -0.3 is 40.0 Å². The molecule has 4 aromatic rings. The van der Waals surface area contributed by atoms with Gasteiger partial charge in [0.05, 0.1) is 22.4 Å². The van der Waals surface area contributed by atoms with Gasteiger partial charge in [-0.25, -0.2) is 0 Å². The number of carbonyl (C=O) groups is 2. The monoisotopic (exact) mass is 1070 g/mol. The number of ketones is 2. The molecule has 68 heavy (non-hydrogen) atoms. The van der Waals surface area contributed by atoms with Gasteiger partial charge in [-0.15, -0.1) is 0 Å². The van der Waals surface area contributed by atoms with Gasteiger partial charge in [0.15, 0.2) is 17.3 Å². The molecule has 2 aromatic heterocycles. The molecule has 2 aromatic carbocycles. The maximum atomic E-state index is 11.1. The Morgan fingerprint density at radius 3 is 1.76 bits per heavy atom. The van der Waals surface area contributed by atoms with Crippen molar-refractivity contribution in [2.24, 2.45) is 20.4 Å². The first-order chi connectivity index (χ1) is 31.8. The van der Waals surface area contributed by atoms with Crippen LogP contribution in [0.1, 0.15) is 59.1 Å². The molecule has 0 spiro atoms. The van der Waals surface area contributed by atoms with E-state index in [2.05, 4.69) is 139 Å². The first-order valence-electron chi connectivity index (χ1n) is 20.4. The molecule has 3 heterocycles. The smallest absolute Gasteiger partial charge is 0.319 e. The number of hydrogen-bond acceptors (Lipinski definition) is 16. The Labute approximate surface area is 417 Å². The Morgan fingerprint density at radius 2 is 1.34 bits per heavy atom. The van der Waals surface area contributed by atoms with Crippen LogP contribution in [-0.4, -0.2) is 80.6 Å². The first kappa shape index (κ1) is 53.9. The molecule has 359 valence electrons. The second kappa shape index (κ2) is 23.9. The van der Waals surface area contributed by atoms with Crippen molar-refractivity contribution >= 4 is 94.8 Å². The SMILES string of the molecule is CC1=CC(=O)C=C(O)C1=NN=c1[n-]cc([N+](=O)[O-])s1.CC1=CC(=O)C=C(O)C1=NN=c1[n-]cc([N+](=O)[O-])s1.CCN(CC)c1ccc(/C=C/C2=[N+](C)c3ccc(Br)cc3C2(C)CC)c(OC)c1.[Co]. The van der Waals surface area contributed by atoms with Gasteiger partial charge >= 0.3 is 10.0 Å². The van der Waals surface area contributed by atoms with Gasteiger partial charge in [-0.2, -0.15) is 4.58 Å². The summed E-state index contributed by atoms with van der Waals surface area (Å²) in [6.07, 6.45) is 12.3. The van der Waals surface area contributed by atoms with E-state index in [-0.39, 0.29) is 76.3 Å². The Hall–Kier alpha value is -6.66. The number of anilines is 1. The number of nitro groups is 2. The normalized spacial score (nSPS) is 18.2. The fourth-order valence-electron chi connectivity index (χ4n) is 7.02. The minimum absolute atomic E-state index is 0. The third-order valence-corrected chi connectivity index (χ3v) is 12.8. The average Bonchev–Trinajstić information content (AvgIpc) is 4.01. The molecule has 3 aliphatic rings. The fourth-order valence-corrected chi connectivity index (χ4v) is 8.49. The van der Waals surface area contributed by atoms with E-state index >= 15 is 0 Å². The second-order valence-corrected chi connectivity index (χ2v) is 17.7. The molecule has 7 rings (SSSR count). The van der Waals surface area contributed by atoms with E-state index in [9.17, 15) is 40.0 Å². The number of methoxy groups -OCH3 is 1. The van der Waals surface area contributed by atoms with Crippen LogP contribution in [0.5, 0.6) is 5.75 Å². The molecule has 23 heteroatoms. The van der Waals surface area contributed by atoms with Crippen molar-refractivity contribution < 1.29 is 55.7 Å². The molecule has 1 radical (unpaired) electrons. The van der Waals surface area contributed by atoms with Crippen molar-refractivity contribution in [1.82, 2.24) is 9.97 Å². The predicted molar refractivity (Wildman–Crippen MR) is 262 cm³/mol. The van der Waals surface area contributed by atoms with Crippen molar-refractivity contribution in [3.8, 4) is 5.75 Å². The number of thiazole rings is 2. The van der Waals surface area contributed by atoms with E-state index in [1.54, 1.807) is 21.0 Å². The maximum Gasteiger partial charge on any atom is 0.319 e. The zero-order valence-corrected chi connectivity index (χ0v) is 42.2. The van der Waals surface area contributed by atoms with E-state index in [0.29, 0.717) is 11.1 Å². The molecule has 0 saturated heterocycles. The van der Waals surface area contributed by atoms with Gasteiger partial charge in [-0.05, 0) is 94.7 Å². The number of ether oxygens (including phenoxy) is 1. The largest absolute Gasteiger partial charge is 0.506 e. The molecule has 19 nitrogen and oxygen atoms in total. The molecule has 2 N–H and O–H groups in total. The fraction of sp³-hybridized carbons (Fsp3) is 0.267. The minimum atomic E-state index is -0.578. The number of nitrogens with zero attached hydrogens (tertiary/aromatic N) is 10. The van der Waals surface area contributed by atoms with Gasteiger partial charge in [0.25, 0.3) is 0 Å². The topological polar surface area (TPSA) is 254 Å². The zero-order valence-electron chi connectivity index (χ0n) is 38.0. The minimum Gasteiger partial charge on any atom is -0.506 e. The summed E-state index contributed by atoms with van der Waals surface area (Å²) in [5.41, 5.74) is 7.43. The van der Waals surface area contributed by atoms with Crippen molar-refractivity contribution in [3.63, 3.8) is 0 Å².